The highest BCUT2D eigenvalue weighted by Gasteiger charge is 2.15. The molecular formula is C19H23N3S. The predicted molar refractivity (Wildman–Crippen MR) is 101 cm³/mol. The summed E-state index contributed by atoms with van der Waals surface area (Å²) >= 11 is 1.91. The van der Waals surface area contributed by atoms with E-state index in [2.05, 4.69) is 59.9 Å². The molecule has 3 rings (SSSR count). The highest BCUT2D eigenvalue weighted by atomic mass is 32.2. The zero-order chi connectivity index (χ0) is 16.2. The smallest absolute Gasteiger partial charge is 0.114 e. The maximum absolute atomic E-state index is 4.92. The normalized spacial score (nSPS) is 15.1. The van der Waals surface area contributed by atoms with E-state index in [9.17, 15) is 0 Å². The fourth-order valence-corrected chi connectivity index (χ4v) is 3.58. The summed E-state index contributed by atoms with van der Waals surface area (Å²) < 4.78 is 2.23. The van der Waals surface area contributed by atoms with Crippen LogP contribution in [0.2, 0.25) is 0 Å². The van der Waals surface area contributed by atoms with Crippen molar-refractivity contribution < 1.29 is 0 Å². The second-order valence-electron chi connectivity index (χ2n) is 5.91. The van der Waals surface area contributed by atoms with Crippen molar-refractivity contribution in [2.24, 2.45) is 4.99 Å². The average Bonchev–Trinajstić information content (AvgIpc) is 3.22. The number of imidazole rings is 1. The molecule has 0 unspecified atom stereocenters. The third-order valence-corrected chi connectivity index (χ3v) is 5.27. The van der Waals surface area contributed by atoms with E-state index in [0.717, 1.165) is 30.8 Å². The molecule has 0 saturated heterocycles. The van der Waals surface area contributed by atoms with E-state index in [1.165, 1.54) is 27.6 Å². The van der Waals surface area contributed by atoms with Crippen LogP contribution in [0.25, 0.3) is 10.6 Å². The van der Waals surface area contributed by atoms with Crippen LogP contribution in [-0.2, 0) is 6.42 Å². The van der Waals surface area contributed by atoms with Crippen LogP contribution in [0.1, 0.15) is 36.8 Å². The van der Waals surface area contributed by atoms with Crippen molar-refractivity contribution in [2.75, 3.05) is 12.8 Å². The first-order valence-corrected chi connectivity index (χ1v) is 9.07. The highest BCUT2D eigenvalue weighted by molar-refractivity contribution is 8.08. The number of aryl methyl sites for hydroxylation is 2. The fourth-order valence-electron chi connectivity index (χ4n) is 2.64. The van der Waals surface area contributed by atoms with Crippen molar-refractivity contribution in [1.29, 1.82) is 0 Å². The summed E-state index contributed by atoms with van der Waals surface area (Å²) in [6.45, 7) is 4.19. The Kier molecular flexibility index (Phi) is 5.01. The minimum absolute atomic E-state index is 0.912. The van der Waals surface area contributed by atoms with Crippen LogP contribution >= 0.6 is 11.8 Å². The minimum atomic E-state index is 0.912. The number of rotatable bonds is 5. The number of allylic oxidation sites excluding steroid dienone is 1. The Morgan fingerprint density at radius 2 is 2.09 bits per heavy atom. The average molecular weight is 325 g/mol. The number of hydrogen-bond donors (Lipinski definition) is 0. The largest absolute Gasteiger partial charge is 0.303 e. The molecule has 0 spiro atoms. The number of aromatic nitrogens is 2. The maximum atomic E-state index is 4.92. The van der Waals surface area contributed by atoms with Gasteiger partial charge in [-0.3, -0.25) is 4.99 Å². The maximum Gasteiger partial charge on any atom is 0.114 e. The van der Waals surface area contributed by atoms with E-state index in [1.54, 1.807) is 0 Å². The van der Waals surface area contributed by atoms with Crippen molar-refractivity contribution in [1.82, 2.24) is 9.55 Å². The van der Waals surface area contributed by atoms with Crippen LogP contribution < -0.4 is 0 Å². The summed E-state index contributed by atoms with van der Waals surface area (Å²) in [5.74, 6) is 2.28. The quantitative estimate of drug-likeness (QED) is 0.747. The number of thioether (sulfide) groups is 1. The Labute approximate surface area is 142 Å². The molecular weight excluding hydrogens is 302 g/mol. The van der Waals surface area contributed by atoms with Crippen molar-refractivity contribution in [2.45, 2.75) is 33.1 Å². The lowest BCUT2D eigenvalue weighted by molar-refractivity contribution is 0.856. The molecule has 1 aliphatic rings. The van der Waals surface area contributed by atoms with Gasteiger partial charge in [0, 0.05) is 41.7 Å². The zero-order valence-electron chi connectivity index (χ0n) is 14.0. The van der Waals surface area contributed by atoms with Gasteiger partial charge in [0.25, 0.3) is 0 Å². The SMILES string of the molecule is C/N=C(\C)CCc1nc(C2=CCCS2)cn1-c1ccc(C)cc1. The van der Waals surface area contributed by atoms with Crippen molar-refractivity contribution in [3.05, 3.63) is 53.6 Å². The van der Waals surface area contributed by atoms with Crippen molar-refractivity contribution in [3.8, 4) is 5.69 Å². The topological polar surface area (TPSA) is 30.2 Å². The van der Waals surface area contributed by atoms with Gasteiger partial charge in [0.05, 0.1) is 5.69 Å². The van der Waals surface area contributed by atoms with Gasteiger partial charge in [-0.15, -0.1) is 11.8 Å². The number of hydrogen-bond acceptors (Lipinski definition) is 3. The summed E-state index contributed by atoms with van der Waals surface area (Å²) in [5.41, 5.74) is 4.73. The van der Waals surface area contributed by atoms with Crippen LogP contribution in [0.5, 0.6) is 0 Å². The van der Waals surface area contributed by atoms with E-state index in [4.69, 9.17) is 4.98 Å². The zero-order valence-corrected chi connectivity index (χ0v) is 14.9. The second-order valence-corrected chi connectivity index (χ2v) is 7.05. The van der Waals surface area contributed by atoms with E-state index in [-0.39, 0.29) is 0 Å². The Morgan fingerprint density at radius 3 is 2.74 bits per heavy atom. The number of benzene rings is 1. The van der Waals surface area contributed by atoms with Crippen molar-refractivity contribution >= 4 is 22.4 Å². The molecule has 1 aliphatic heterocycles. The lowest BCUT2D eigenvalue weighted by Gasteiger charge is -2.08. The summed E-state index contributed by atoms with van der Waals surface area (Å²) in [6.07, 6.45) is 7.49. The first-order chi connectivity index (χ1) is 11.2. The molecule has 0 atom stereocenters. The third kappa shape index (κ3) is 3.75. The van der Waals surface area contributed by atoms with E-state index in [1.807, 2.05) is 18.8 Å². The van der Waals surface area contributed by atoms with Crippen LogP contribution in [0.3, 0.4) is 0 Å². The molecule has 0 fully saturated rings. The van der Waals surface area contributed by atoms with Gasteiger partial charge in [-0.2, -0.15) is 0 Å². The molecule has 120 valence electrons. The van der Waals surface area contributed by atoms with Gasteiger partial charge in [-0.1, -0.05) is 23.8 Å². The van der Waals surface area contributed by atoms with Crippen LogP contribution in [0.4, 0.5) is 0 Å². The number of aliphatic imine (C=N–C) groups is 1. The standard InChI is InChI=1S/C19H23N3S/c1-14-6-9-16(10-7-14)22-13-17(18-5-4-12-23-18)21-19(22)11-8-15(2)20-3/h5-7,9-10,13H,4,8,11-12H2,1-3H3/b20-15+. The molecule has 3 nitrogen and oxygen atoms in total. The lowest BCUT2D eigenvalue weighted by atomic mass is 10.2. The third-order valence-electron chi connectivity index (χ3n) is 4.14. The van der Waals surface area contributed by atoms with E-state index < -0.39 is 0 Å². The highest BCUT2D eigenvalue weighted by Crippen LogP contribution is 2.34. The van der Waals surface area contributed by atoms with E-state index >= 15 is 0 Å². The summed E-state index contributed by atoms with van der Waals surface area (Å²) in [7, 11) is 1.85. The molecule has 0 saturated carbocycles. The molecule has 2 heterocycles. The Morgan fingerprint density at radius 1 is 1.30 bits per heavy atom. The van der Waals surface area contributed by atoms with Crippen LogP contribution in [-0.4, -0.2) is 28.1 Å². The Hall–Kier alpha value is -1.81. The van der Waals surface area contributed by atoms with Gasteiger partial charge in [0.15, 0.2) is 0 Å². The van der Waals surface area contributed by atoms with Crippen LogP contribution in [0.15, 0.2) is 41.5 Å². The Bertz CT molecular complexity index is 738. The molecule has 2 aromatic rings. The first-order valence-electron chi connectivity index (χ1n) is 8.08. The van der Waals surface area contributed by atoms with Gasteiger partial charge in [-0.05, 0) is 38.8 Å². The number of nitrogens with zero attached hydrogens (tertiary/aromatic N) is 3. The summed E-state index contributed by atoms with van der Waals surface area (Å²) in [6, 6.07) is 8.64. The first kappa shape index (κ1) is 16.1. The van der Waals surface area contributed by atoms with Crippen molar-refractivity contribution in [3.63, 3.8) is 0 Å². The Balaban J connectivity index is 1.95. The summed E-state index contributed by atoms with van der Waals surface area (Å²) in [5, 5.41) is 0. The molecule has 1 aromatic heterocycles. The lowest BCUT2D eigenvalue weighted by Crippen LogP contribution is -2.03. The van der Waals surface area contributed by atoms with E-state index in [0.29, 0.717) is 0 Å². The minimum Gasteiger partial charge on any atom is -0.303 e. The molecule has 0 aliphatic carbocycles. The molecule has 0 bridgehead atoms. The second kappa shape index (κ2) is 7.18. The summed E-state index contributed by atoms with van der Waals surface area (Å²) in [4.78, 5) is 10.5. The molecule has 4 heteroatoms. The van der Waals surface area contributed by atoms with Gasteiger partial charge >= 0.3 is 0 Å². The van der Waals surface area contributed by atoms with Gasteiger partial charge in [0.2, 0.25) is 0 Å². The molecule has 0 radical (unpaired) electrons. The molecule has 23 heavy (non-hydrogen) atoms. The molecule has 1 aromatic carbocycles. The molecule has 0 N–H and O–H groups in total. The predicted octanol–water partition coefficient (Wildman–Crippen LogP) is 4.68. The van der Waals surface area contributed by atoms with Gasteiger partial charge in [-0.25, -0.2) is 4.98 Å². The monoisotopic (exact) mass is 325 g/mol. The fraction of sp³-hybridized carbons (Fsp3) is 0.368. The molecule has 0 amide bonds. The van der Waals surface area contributed by atoms with Crippen LogP contribution in [0, 0.1) is 6.92 Å². The van der Waals surface area contributed by atoms with Gasteiger partial charge < -0.3 is 4.57 Å². The van der Waals surface area contributed by atoms with Gasteiger partial charge in [0.1, 0.15) is 5.82 Å².